The number of ketones is 1. The standard InChI is InChI=1S/C9H11N3O2/c1-10-4-7(13)9-11-5-8-6(12-9)2-3-14-8/h5,10H,2-4H2,1H3. The lowest BCUT2D eigenvalue weighted by Crippen LogP contribution is -2.20. The van der Waals surface area contributed by atoms with Gasteiger partial charge in [-0.05, 0) is 7.05 Å². The molecule has 2 rings (SSSR count). The first-order valence-corrected chi connectivity index (χ1v) is 4.48. The first-order chi connectivity index (χ1) is 6.81. The van der Waals surface area contributed by atoms with Crippen molar-refractivity contribution in [1.82, 2.24) is 15.3 Å². The van der Waals surface area contributed by atoms with Crippen molar-refractivity contribution in [1.29, 1.82) is 0 Å². The Morgan fingerprint density at radius 3 is 3.36 bits per heavy atom. The van der Waals surface area contributed by atoms with Crippen LogP contribution in [0.25, 0.3) is 0 Å². The van der Waals surface area contributed by atoms with Crippen molar-refractivity contribution < 1.29 is 9.53 Å². The third-order valence-electron chi connectivity index (χ3n) is 2.01. The third-order valence-corrected chi connectivity index (χ3v) is 2.01. The lowest BCUT2D eigenvalue weighted by atomic mass is 10.3. The number of carbonyl (C=O) groups is 1. The van der Waals surface area contributed by atoms with Crippen LogP contribution in [0.1, 0.15) is 16.3 Å². The SMILES string of the molecule is CNCC(=O)c1ncc2c(n1)CCO2. The van der Waals surface area contributed by atoms with Crippen molar-refractivity contribution in [3.8, 4) is 5.75 Å². The molecule has 0 spiro atoms. The van der Waals surface area contributed by atoms with Gasteiger partial charge in [0.2, 0.25) is 5.78 Å². The molecule has 0 radical (unpaired) electrons. The number of hydrogen-bond acceptors (Lipinski definition) is 5. The number of aromatic nitrogens is 2. The molecule has 0 unspecified atom stereocenters. The van der Waals surface area contributed by atoms with Gasteiger partial charge in [0.1, 0.15) is 0 Å². The predicted octanol–water partition coefficient (Wildman–Crippen LogP) is -0.186. The fourth-order valence-electron chi connectivity index (χ4n) is 1.34. The van der Waals surface area contributed by atoms with Crippen LogP contribution < -0.4 is 10.1 Å². The number of carbonyl (C=O) groups excluding carboxylic acids is 1. The Bertz CT molecular complexity index is 365. The molecule has 0 bridgehead atoms. The van der Waals surface area contributed by atoms with Crippen LogP contribution >= 0.6 is 0 Å². The van der Waals surface area contributed by atoms with Crippen LogP contribution in [0.5, 0.6) is 5.75 Å². The van der Waals surface area contributed by atoms with Gasteiger partial charge in [-0.15, -0.1) is 0 Å². The fourth-order valence-corrected chi connectivity index (χ4v) is 1.34. The van der Waals surface area contributed by atoms with Crippen LogP contribution in [-0.2, 0) is 6.42 Å². The first kappa shape index (κ1) is 9.08. The highest BCUT2D eigenvalue weighted by atomic mass is 16.5. The van der Waals surface area contributed by atoms with Gasteiger partial charge in [0.15, 0.2) is 11.6 Å². The molecule has 74 valence electrons. The van der Waals surface area contributed by atoms with Gasteiger partial charge in [-0.3, -0.25) is 4.79 Å². The molecule has 5 heteroatoms. The number of Topliss-reactive ketones (excluding diaryl/α,β-unsaturated/α-hetero) is 1. The van der Waals surface area contributed by atoms with E-state index in [0.717, 1.165) is 12.1 Å². The van der Waals surface area contributed by atoms with Gasteiger partial charge in [-0.25, -0.2) is 9.97 Å². The molecule has 1 aliphatic heterocycles. The van der Waals surface area contributed by atoms with E-state index < -0.39 is 0 Å². The topological polar surface area (TPSA) is 64.1 Å². The molecule has 5 nitrogen and oxygen atoms in total. The number of nitrogens with zero attached hydrogens (tertiary/aromatic N) is 2. The molecule has 2 heterocycles. The van der Waals surface area contributed by atoms with Gasteiger partial charge >= 0.3 is 0 Å². The van der Waals surface area contributed by atoms with Crippen molar-refractivity contribution in [3.05, 3.63) is 17.7 Å². The van der Waals surface area contributed by atoms with Crippen LogP contribution in [0.15, 0.2) is 6.20 Å². The molecule has 0 fully saturated rings. The van der Waals surface area contributed by atoms with Crippen LogP contribution in [0, 0.1) is 0 Å². The van der Waals surface area contributed by atoms with E-state index in [4.69, 9.17) is 4.74 Å². The van der Waals surface area contributed by atoms with Crippen molar-refractivity contribution in [2.75, 3.05) is 20.2 Å². The van der Waals surface area contributed by atoms with E-state index >= 15 is 0 Å². The summed E-state index contributed by atoms with van der Waals surface area (Å²) in [5.74, 6) is 0.872. The summed E-state index contributed by atoms with van der Waals surface area (Å²) >= 11 is 0. The first-order valence-electron chi connectivity index (χ1n) is 4.48. The van der Waals surface area contributed by atoms with Gasteiger partial charge in [0.25, 0.3) is 0 Å². The Labute approximate surface area is 81.5 Å². The zero-order chi connectivity index (χ0) is 9.97. The number of nitrogens with one attached hydrogen (secondary N) is 1. The number of fused-ring (bicyclic) bond motifs is 1. The quantitative estimate of drug-likeness (QED) is 0.674. The monoisotopic (exact) mass is 193 g/mol. The Balaban J connectivity index is 2.24. The summed E-state index contributed by atoms with van der Waals surface area (Å²) in [7, 11) is 1.72. The Hall–Kier alpha value is -1.49. The van der Waals surface area contributed by atoms with Crippen LogP contribution in [0.3, 0.4) is 0 Å². The minimum absolute atomic E-state index is 0.0952. The molecule has 0 saturated carbocycles. The minimum Gasteiger partial charge on any atom is -0.490 e. The highest BCUT2D eigenvalue weighted by Crippen LogP contribution is 2.21. The maximum Gasteiger partial charge on any atom is 0.213 e. The molecule has 0 aliphatic carbocycles. The highest BCUT2D eigenvalue weighted by molar-refractivity contribution is 5.94. The molecule has 0 saturated heterocycles. The molecule has 14 heavy (non-hydrogen) atoms. The second-order valence-corrected chi connectivity index (χ2v) is 3.06. The van der Waals surface area contributed by atoms with E-state index in [1.165, 1.54) is 0 Å². The molecule has 1 aliphatic rings. The molecule has 0 atom stereocenters. The Kier molecular flexibility index (Phi) is 2.41. The summed E-state index contributed by atoms with van der Waals surface area (Å²) in [5, 5.41) is 2.77. The molecule has 1 N–H and O–H groups in total. The summed E-state index contributed by atoms with van der Waals surface area (Å²) in [6, 6.07) is 0. The van der Waals surface area contributed by atoms with E-state index in [1.807, 2.05) is 0 Å². The van der Waals surface area contributed by atoms with E-state index in [0.29, 0.717) is 12.4 Å². The number of rotatable bonds is 3. The molecular weight excluding hydrogens is 182 g/mol. The molecular formula is C9H11N3O2. The van der Waals surface area contributed by atoms with Crippen molar-refractivity contribution >= 4 is 5.78 Å². The largest absolute Gasteiger partial charge is 0.490 e. The number of ether oxygens (including phenoxy) is 1. The maximum atomic E-state index is 11.4. The fraction of sp³-hybridized carbons (Fsp3) is 0.444. The Morgan fingerprint density at radius 2 is 2.57 bits per heavy atom. The number of likely N-dealkylation sites (N-methyl/N-ethyl adjacent to an activating group) is 1. The van der Waals surface area contributed by atoms with Crippen molar-refractivity contribution in [3.63, 3.8) is 0 Å². The maximum absolute atomic E-state index is 11.4. The molecule has 1 aromatic rings. The minimum atomic E-state index is -0.0952. The second-order valence-electron chi connectivity index (χ2n) is 3.06. The average molecular weight is 193 g/mol. The van der Waals surface area contributed by atoms with Gasteiger partial charge in [0, 0.05) is 6.42 Å². The summed E-state index contributed by atoms with van der Waals surface area (Å²) in [5.41, 5.74) is 0.833. The highest BCUT2D eigenvalue weighted by Gasteiger charge is 2.17. The molecule has 0 aromatic carbocycles. The average Bonchev–Trinajstić information content (AvgIpc) is 2.64. The normalized spacial score (nSPS) is 13.5. The van der Waals surface area contributed by atoms with Crippen LogP contribution in [0.2, 0.25) is 0 Å². The van der Waals surface area contributed by atoms with E-state index in [-0.39, 0.29) is 18.2 Å². The van der Waals surface area contributed by atoms with E-state index in [9.17, 15) is 4.79 Å². The second kappa shape index (κ2) is 3.71. The lowest BCUT2D eigenvalue weighted by Gasteiger charge is -2.00. The van der Waals surface area contributed by atoms with Crippen LogP contribution in [0.4, 0.5) is 0 Å². The van der Waals surface area contributed by atoms with Gasteiger partial charge in [-0.2, -0.15) is 0 Å². The lowest BCUT2D eigenvalue weighted by molar-refractivity contribution is 0.0983. The molecule has 1 aromatic heterocycles. The van der Waals surface area contributed by atoms with E-state index in [1.54, 1.807) is 13.2 Å². The summed E-state index contributed by atoms with van der Waals surface area (Å²) < 4.78 is 5.24. The Morgan fingerprint density at radius 1 is 1.71 bits per heavy atom. The van der Waals surface area contributed by atoms with Gasteiger partial charge < -0.3 is 10.1 Å². The zero-order valence-electron chi connectivity index (χ0n) is 7.91. The number of hydrogen-bond donors (Lipinski definition) is 1. The summed E-state index contributed by atoms with van der Waals surface area (Å²) in [6.45, 7) is 0.896. The zero-order valence-corrected chi connectivity index (χ0v) is 7.91. The summed E-state index contributed by atoms with van der Waals surface area (Å²) in [6.07, 6.45) is 2.33. The summed E-state index contributed by atoms with van der Waals surface area (Å²) in [4.78, 5) is 19.5. The van der Waals surface area contributed by atoms with E-state index in [2.05, 4.69) is 15.3 Å². The van der Waals surface area contributed by atoms with Gasteiger partial charge in [-0.1, -0.05) is 0 Å². The van der Waals surface area contributed by atoms with Crippen LogP contribution in [-0.4, -0.2) is 36.0 Å². The van der Waals surface area contributed by atoms with Gasteiger partial charge in [0.05, 0.1) is 25.0 Å². The third kappa shape index (κ3) is 1.58. The van der Waals surface area contributed by atoms with Crippen molar-refractivity contribution in [2.24, 2.45) is 0 Å². The predicted molar refractivity (Wildman–Crippen MR) is 49.5 cm³/mol. The van der Waals surface area contributed by atoms with Crippen molar-refractivity contribution in [2.45, 2.75) is 6.42 Å². The smallest absolute Gasteiger partial charge is 0.213 e. The molecule has 0 amide bonds.